The van der Waals surface area contributed by atoms with Crippen molar-refractivity contribution in [3.05, 3.63) is 71.0 Å². The van der Waals surface area contributed by atoms with Crippen LogP contribution in [0.1, 0.15) is 29.5 Å². The molecule has 2 N–H and O–H groups in total. The minimum atomic E-state index is -0.925. The van der Waals surface area contributed by atoms with Crippen molar-refractivity contribution < 1.29 is 14.0 Å². The summed E-state index contributed by atoms with van der Waals surface area (Å²) >= 11 is 0. The largest absolute Gasteiger partial charge is 0.355 e. The summed E-state index contributed by atoms with van der Waals surface area (Å²) in [7, 11) is 0. The van der Waals surface area contributed by atoms with Crippen LogP contribution in [0, 0.1) is 18.2 Å². The van der Waals surface area contributed by atoms with Crippen LogP contribution in [-0.4, -0.2) is 18.4 Å². The van der Waals surface area contributed by atoms with Gasteiger partial charge in [-0.05, 0) is 55.0 Å². The van der Waals surface area contributed by atoms with E-state index in [0.717, 1.165) is 16.7 Å². The summed E-state index contributed by atoms with van der Waals surface area (Å²) < 4.78 is 12.9. The zero-order valence-electron chi connectivity index (χ0n) is 14.8. The molecule has 1 aliphatic carbocycles. The van der Waals surface area contributed by atoms with E-state index in [1.54, 1.807) is 12.1 Å². The standard InChI is InChI=1S/C21H23FN2O2/c1-15-4-2-3-5-17(15)14-24-20(26)21(11-12-21)19(25)23-13-10-16-6-8-18(22)9-7-16/h2-9H,10-14H2,1H3,(H,23,25)(H,24,26). The van der Waals surface area contributed by atoms with Gasteiger partial charge in [0.05, 0.1) is 0 Å². The van der Waals surface area contributed by atoms with Crippen LogP contribution >= 0.6 is 0 Å². The number of amides is 2. The molecule has 1 fully saturated rings. The molecule has 3 rings (SSSR count). The van der Waals surface area contributed by atoms with Gasteiger partial charge in [0.15, 0.2) is 0 Å². The normalized spacial score (nSPS) is 14.5. The van der Waals surface area contributed by atoms with Crippen LogP contribution < -0.4 is 10.6 Å². The number of hydrogen-bond donors (Lipinski definition) is 2. The molecule has 4 nitrogen and oxygen atoms in total. The molecule has 26 heavy (non-hydrogen) atoms. The average molecular weight is 354 g/mol. The molecule has 0 radical (unpaired) electrons. The Morgan fingerprint density at radius 2 is 1.65 bits per heavy atom. The number of nitrogens with one attached hydrogen (secondary N) is 2. The van der Waals surface area contributed by atoms with Gasteiger partial charge in [0.2, 0.25) is 11.8 Å². The van der Waals surface area contributed by atoms with Crippen LogP contribution in [-0.2, 0) is 22.6 Å². The van der Waals surface area contributed by atoms with E-state index in [1.807, 2.05) is 31.2 Å². The number of carbonyl (C=O) groups excluding carboxylic acids is 2. The van der Waals surface area contributed by atoms with Crippen molar-refractivity contribution >= 4 is 11.8 Å². The lowest BCUT2D eigenvalue weighted by molar-refractivity contribution is -0.137. The lowest BCUT2D eigenvalue weighted by Gasteiger charge is -2.16. The molecule has 0 aromatic heterocycles. The maximum absolute atomic E-state index is 12.9. The minimum Gasteiger partial charge on any atom is -0.355 e. The molecule has 1 aliphatic rings. The van der Waals surface area contributed by atoms with Gasteiger partial charge in [-0.3, -0.25) is 9.59 Å². The van der Waals surface area contributed by atoms with E-state index < -0.39 is 5.41 Å². The van der Waals surface area contributed by atoms with Crippen molar-refractivity contribution in [1.82, 2.24) is 10.6 Å². The van der Waals surface area contributed by atoms with Crippen molar-refractivity contribution in [2.75, 3.05) is 6.54 Å². The van der Waals surface area contributed by atoms with E-state index in [0.29, 0.717) is 32.4 Å². The van der Waals surface area contributed by atoms with Crippen LogP contribution in [0.3, 0.4) is 0 Å². The van der Waals surface area contributed by atoms with E-state index in [9.17, 15) is 14.0 Å². The van der Waals surface area contributed by atoms with E-state index in [-0.39, 0.29) is 17.6 Å². The summed E-state index contributed by atoms with van der Waals surface area (Å²) in [6.07, 6.45) is 1.76. The van der Waals surface area contributed by atoms with Gasteiger partial charge < -0.3 is 10.6 Å². The Morgan fingerprint density at radius 1 is 1.00 bits per heavy atom. The second kappa shape index (κ2) is 7.68. The Labute approximate surface area is 152 Å². The highest BCUT2D eigenvalue weighted by atomic mass is 19.1. The van der Waals surface area contributed by atoms with Gasteiger partial charge in [0.25, 0.3) is 0 Å². The number of halogens is 1. The molecule has 5 heteroatoms. The highest BCUT2D eigenvalue weighted by Gasteiger charge is 2.56. The van der Waals surface area contributed by atoms with Crippen LogP contribution in [0.5, 0.6) is 0 Å². The van der Waals surface area contributed by atoms with E-state index in [2.05, 4.69) is 10.6 Å². The van der Waals surface area contributed by atoms with Crippen molar-refractivity contribution in [3.63, 3.8) is 0 Å². The van der Waals surface area contributed by atoms with Crippen LogP contribution in [0.15, 0.2) is 48.5 Å². The summed E-state index contributed by atoms with van der Waals surface area (Å²) in [5.41, 5.74) is 2.18. The number of benzene rings is 2. The molecule has 2 aromatic rings. The van der Waals surface area contributed by atoms with Gasteiger partial charge in [-0.25, -0.2) is 4.39 Å². The zero-order valence-corrected chi connectivity index (χ0v) is 14.8. The molecule has 1 saturated carbocycles. The fraction of sp³-hybridized carbons (Fsp3) is 0.333. The second-order valence-corrected chi connectivity index (χ2v) is 6.82. The Morgan fingerprint density at radius 3 is 2.31 bits per heavy atom. The third kappa shape index (κ3) is 4.10. The van der Waals surface area contributed by atoms with Gasteiger partial charge in [0.1, 0.15) is 11.2 Å². The molecule has 2 aromatic carbocycles. The summed E-state index contributed by atoms with van der Waals surface area (Å²) in [4.78, 5) is 25.0. The van der Waals surface area contributed by atoms with Crippen LogP contribution in [0.4, 0.5) is 4.39 Å². The number of rotatable bonds is 7. The molecule has 0 saturated heterocycles. The summed E-state index contributed by atoms with van der Waals surface area (Å²) in [6, 6.07) is 14.1. The Balaban J connectivity index is 1.49. The molecular weight excluding hydrogens is 331 g/mol. The van der Waals surface area contributed by atoms with Gasteiger partial charge in [0, 0.05) is 13.1 Å². The topological polar surface area (TPSA) is 58.2 Å². The number of aryl methyl sites for hydroxylation is 1. The van der Waals surface area contributed by atoms with Gasteiger partial charge in [-0.2, -0.15) is 0 Å². The van der Waals surface area contributed by atoms with E-state index >= 15 is 0 Å². The predicted molar refractivity (Wildman–Crippen MR) is 97.8 cm³/mol. The minimum absolute atomic E-state index is 0.208. The molecule has 0 heterocycles. The van der Waals surface area contributed by atoms with Gasteiger partial charge >= 0.3 is 0 Å². The highest BCUT2D eigenvalue weighted by molar-refractivity contribution is 6.07. The van der Waals surface area contributed by atoms with Crippen molar-refractivity contribution in [2.24, 2.45) is 5.41 Å². The summed E-state index contributed by atoms with van der Waals surface area (Å²) in [5, 5.41) is 5.74. The van der Waals surface area contributed by atoms with E-state index in [1.165, 1.54) is 12.1 Å². The summed E-state index contributed by atoms with van der Waals surface area (Å²) in [5.74, 6) is -0.707. The molecule has 0 bridgehead atoms. The van der Waals surface area contributed by atoms with Crippen molar-refractivity contribution in [1.29, 1.82) is 0 Å². The molecule has 0 unspecified atom stereocenters. The monoisotopic (exact) mass is 354 g/mol. The molecule has 136 valence electrons. The first-order valence-corrected chi connectivity index (χ1v) is 8.87. The van der Waals surface area contributed by atoms with Crippen molar-refractivity contribution in [3.8, 4) is 0 Å². The first-order chi connectivity index (χ1) is 12.5. The molecule has 0 atom stereocenters. The Kier molecular flexibility index (Phi) is 5.35. The first kappa shape index (κ1) is 18.1. The quantitative estimate of drug-likeness (QED) is 0.751. The van der Waals surface area contributed by atoms with Crippen LogP contribution in [0.25, 0.3) is 0 Å². The van der Waals surface area contributed by atoms with E-state index in [4.69, 9.17) is 0 Å². The second-order valence-electron chi connectivity index (χ2n) is 6.82. The zero-order chi connectivity index (χ0) is 18.6. The molecule has 0 spiro atoms. The lowest BCUT2D eigenvalue weighted by atomic mass is 10.0. The maximum atomic E-state index is 12.9. The Hall–Kier alpha value is -2.69. The van der Waals surface area contributed by atoms with Gasteiger partial charge in [-0.15, -0.1) is 0 Å². The van der Waals surface area contributed by atoms with Crippen LogP contribution in [0.2, 0.25) is 0 Å². The highest BCUT2D eigenvalue weighted by Crippen LogP contribution is 2.46. The first-order valence-electron chi connectivity index (χ1n) is 8.87. The molecular formula is C21H23FN2O2. The fourth-order valence-corrected chi connectivity index (χ4v) is 2.98. The molecule has 2 amide bonds. The third-order valence-electron chi connectivity index (χ3n) is 4.93. The Bertz CT molecular complexity index is 798. The van der Waals surface area contributed by atoms with Crippen molar-refractivity contribution in [2.45, 2.75) is 32.7 Å². The summed E-state index contributed by atoms with van der Waals surface area (Å²) in [6.45, 7) is 2.85. The number of carbonyl (C=O) groups is 2. The fourth-order valence-electron chi connectivity index (χ4n) is 2.98. The lowest BCUT2D eigenvalue weighted by Crippen LogP contribution is -2.43. The smallest absolute Gasteiger partial charge is 0.235 e. The molecule has 0 aliphatic heterocycles. The average Bonchev–Trinajstić information content (AvgIpc) is 3.44. The van der Waals surface area contributed by atoms with Gasteiger partial charge in [-0.1, -0.05) is 36.4 Å². The third-order valence-corrected chi connectivity index (χ3v) is 4.93. The SMILES string of the molecule is Cc1ccccc1CNC(=O)C1(C(=O)NCCc2ccc(F)cc2)CC1. The maximum Gasteiger partial charge on any atom is 0.235 e. The number of hydrogen-bond acceptors (Lipinski definition) is 2. The predicted octanol–water partition coefficient (Wildman–Crippen LogP) is 2.89.